The van der Waals surface area contributed by atoms with E-state index in [1.165, 1.54) is 42.7 Å². The van der Waals surface area contributed by atoms with Crippen LogP contribution in [0.3, 0.4) is 0 Å². The summed E-state index contributed by atoms with van der Waals surface area (Å²) in [5.74, 6) is -0.132. The smallest absolute Gasteiger partial charge is 0.266 e. The third kappa shape index (κ3) is 4.11. The summed E-state index contributed by atoms with van der Waals surface area (Å²) in [6.45, 7) is 0. The maximum atomic E-state index is 14.1. The molecular weight excluding hydrogens is 422 g/mol. The maximum absolute atomic E-state index is 14.1. The largest absolute Gasteiger partial charge is 0.497 e. The lowest BCUT2D eigenvalue weighted by molar-refractivity contribution is 0.392. The molecule has 0 N–H and O–H groups in total. The van der Waals surface area contributed by atoms with Crippen LogP contribution in [0, 0.1) is 11.6 Å². The lowest BCUT2D eigenvalue weighted by Gasteiger charge is -2.16. The zero-order chi connectivity index (χ0) is 22.0. The average molecular weight is 440 g/mol. The van der Waals surface area contributed by atoms with Crippen molar-refractivity contribution in [3.8, 4) is 17.2 Å². The number of halogens is 2. The maximum Gasteiger partial charge on any atom is 0.266 e. The molecule has 0 aliphatic rings. The van der Waals surface area contributed by atoms with Crippen LogP contribution >= 0.6 is 11.8 Å². The minimum atomic E-state index is -0.649. The first-order valence-electron chi connectivity index (χ1n) is 9.32. The third-order valence-electron chi connectivity index (χ3n) is 4.74. The van der Waals surface area contributed by atoms with Gasteiger partial charge in [-0.25, -0.2) is 13.8 Å². The normalized spacial score (nSPS) is 11.0. The van der Waals surface area contributed by atoms with E-state index < -0.39 is 11.6 Å². The van der Waals surface area contributed by atoms with Crippen LogP contribution in [0.15, 0.2) is 70.6 Å². The van der Waals surface area contributed by atoms with Crippen molar-refractivity contribution in [1.29, 1.82) is 0 Å². The van der Waals surface area contributed by atoms with Crippen molar-refractivity contribution in [3.63, 3.8) is 0 Å². The molecule has 31 heavy (non-hydrogen) atoms. The van der Waals surface area contributed by atoms with Gasteiger partial charge >= 0.3 is 0 Å². The van der Waals surface area contributed by atoms with E-state index >= 15 is 0 Å². The van der Waals surface area contributed by atoms with Gasteiger partial charge in [-0.1, -0.05) is 30.0 Å². The fourth-order valence-corrected chi connectivity index (χ4v) is 4.16. The second-order valence-electron chi connectivity index (χ2n) is 6.61. The van der Waals surface area contributed by atoms with Gasteiger partial charge in [0.15, 0.2) is 5.16 Å². The molecule has 0 radical (unpaired) electrons. The van der Waals surface area contributed by atoms with Crippen molar-refractivity contribution in [1.82, 2.24) is 9.55 Å². The fourth-order valence-electron chi connectivity index (χ4n) is 3.17. The molecule has 0 aliphatic heterocycles. The van der Waals surface area contributed by atoms with E-state index in [9.17, 15) is 13.6 Å². The molecule has 3 aromatic carbocycles. The van der Waals surface area contributed by atoms with E-state index in [0.717, 1.165) is 6.07 Å². The highest BCUT2D eigenvalue weighted by Gasteiger charge is 2.18. The SMILES string of the molecule is COc1ccc(-n2c(SCc3ccc(F)cc3F)nc3ccccc3c2=O)c(OC)c1. The van der Waals surface area contributed by atoms with Crippen molar-refractivity contribution in [2.75, 3.05) is 14.2 Å². The molecule has 4 aromatic rings. The lowest BCUT2D eigenvalue weighted by atomic mass is 10.2. The Bertz CT molecular complexity index is 1320. The predicted octanol–water partition coefficient (Wildman–Crippen LogP) is 4.97. The van der Waals surface area contributed by atoms with Crippen molar-refractivity contribution >= 4 is 22.7 Å². The van der Waals surface area contributed by atoms with E-state index in [0.29, 0.717) is 38.8 Å². The molecule has 8 heteroatoms. The summed E-state index contributed by atoms with van der Waals surface area (Å²) in [6, 6.07) is 15.5. The molecule has 1 heterocycles. The summed E-state index contributed by atoms with van der Waals surface area (Å²) in [5.41, 5.74) is 1.03. The number of hydrogen-bond donors (Lipinski definition) is 0. The van der Waals surface area contributed by atoms with E-state index in [-0.39, 0.29) is 11.3 Å². The first-order chi connectivity index (χ1) is 15.0. The van der Waals surface area contributed by atoms with E-state index in [1.807, 2.05) is 0 Å². The van der Waals surface area contributed by atoms with Crippen LogP contribution in [-0.4, -0.2) is 23.8 Å². The number of nitrogens with zero attached hydrogens (tertiary/aromatic N) is 2. The minimum absolute atomic E-state index is 0.162. The van der Waals surface area contributed by atoms with Gasteiger partial charge in [0.1, 0.15) is 23.1 Å². The number of aromatic nitrogens is 2. The van der Waals surface area contributed by atoms with Crippen molar-refractivity contribution in [2.45, 2.75) is 10.9 Å². The zero-order valence-electron chi connectivity index (χ0n) is 16.8. The van der Waals surface area contributed by atoms with E-state index in [1.54, 1.807) is 42.5 Å². The summed E-state index contributed by atoms with van der Waals surface area (Å²) in [6.07, 6.45) is 0. The Balaban J connectivity index is 1.87. The number of fused-ring (bicyclic) bond motifs is 1. The summed E-state index contributed by atoms with van der Waals surface area (Å²) in [5, 5.41) is 0.800. The topological polar surface area (TPSA) is 53.4 Å². The van der Waals surface area contributed by atoms with Crippen LogP contribution in [0.5, 0.6) is 11.5 Å². The Kier molecular flexibility index (Phi) is 5.90. The van der Waals surface area contributed by atoms with E-state index in [4.69, 9.17) is 9.47 Å². The van der Waals surface area contributed by atoms with Gasteiger partial charge in [0.2, 0.25) is 0 Å². The number of thioether (sulfide) groups is 1. The molecule has 0 atom stereocenters. The second-order valence-corrected chi connectivity index (χ2v) is 7.56. The van der Waals surface area contributed by atoms with Crippen LogP contribution in [-0.2, 0) is 5.75 Å². The van der Waals surface area contributed by atoms with E-state index in [2.05, 4.69) is 4.98 Å². The molecule has 0 saturated heterocycles. The first-order valence-corrected chi connectivity index (χ1v) is 10.3. The molecule has 0 spiro atoms. The van der Waals surface area contributed by atoms with Gasteiger partial charge in [0.05, 0.1) is 30.8 Å². The molecule has 0 amide bonds. The summed E-state index contributed by atoms with van der Waals surface area (Å²) < 4.78 is 39.5. The standard InChI is InChI=1S/C23H18F2N2O3S/c1-29-16-9-10-20(21(12-16)30-2)27-22(28)17-5-3-4-6-19(17)26-23(27)31-13-14-7-8-15(24)11-18(14)25/h3-12H,13H2,1-2H3. The van der Waals surface area contributed by atoms with Gasteiger partial charge < -0.3 is 9.47 Å². The molecule has 0 bridgehead atoms. The quantitative estimate of drug-likeness (QED) is 0.313. The lowest BCUT2D eigenvalue weighted by Crippen LogP contribution is -2.22. The Morgan fingerprint density at radius 3 is 2.55 bits per heavy atom. The molecule has 5 nitrogen and oxygen atoms in total. The van der Waals surface area contributed by atoms with Crippen molar-refractivity contribution in [2.24, 2.45) is 0 Å². The zero-order valence-corrected chi connectivity index (χ0v) is 17.6. The molecule has 4 rings (SSSR count). The number of benzene rings is 3. The van der Waals surface area contributed by atoms with Crippen LogP contribution in [0.2, 0.25) is 0 Å². The van der Waals surface area contributed by atoms with Gasteiger partial charge in [-0.15, -0.1) is 0 Å². The summed E-state index contributed by atoms with van der Waals surface area (Å²) in [4.78, 5) is 18.0. The highest BCUT2D eigenvalue weighted by Crippen LogP contribution is 2.31. The highest BCUT2D eigenvalue weighted by molar-refractivity contribution is 7.98. The van der Waals surface area contributed by atoms with Crippen molar-refractivity contribution < 1.29 is 18.3 Å². The number of methoxy groups -OCH3 is 2. The summed E-state index contributed by atoms with van der Waals surface area (Å²) >= 11 is 1.18. The average Bonchev–Trinajstić information content (AvgIpc) is 2.78. The van der Waals surface area contributed by atoms with Gasteiger partial charge in [-0.3, -0.25) is 9.36 Å². The molecular formula is C23H18F2N2O3S. The van der Waals surface area contributed by atoms with Gasteiger partial charge in [0.25, 0.3) is 5.56 Å². The fraction of sp³-hybridized carbons (Fsp3) is 0.130. The third-order valence-corrected chi connectivity index (χ3v) is 5.73. The molecule has 0 fully saturated rings. The summed E-state index contributed by atoms with van der Waals surface area (Å²) in [7, 11) is 3.04. The molecule has 158 valence electrons. The Morgan fingerprint density at radius 1 is 1.00 bits per heavy atom. The molecule has 0 aliphatic carbocycles. The predicted molar refractivity (Wildman–Crippen MR) is 116 cm³/mol. The minimum Gasteiger partial charge on any atom is -0.497 e. The number of para-hydroxylation sites is 1. The Hall–Kier alpha value is -3.39. The Morgan fingerprint density at radius 2 is 1.81 bits per heavy atom. The van der Waals surface area contributed by atoms with Crippen LogP contribution < -0.4 is 15.0 Å². The molecule has 0 saturated carbocycles. The van der Waals surface area contributed by atoms with Crippen LogP contribution in [0.25, 0.3) is 16.6 Å². The van der Waals surface area contributed by atoms with Crippen LogP contribution in [0.1, 0.15) is 5.56 Å². The van der Waals surface area contributed by atoms with Gasteiger partial charge in [-0.05, 0) is 35.9 Å². The molecule has 0 unspecified atom stereocenters. The van der Waals surface area contributed by atoms with Gasteiger partial charge in [0, 0.05) is 17.9 Å². The number of hydrogen-bond acceptors (Lipinski definition) is 5. The first kappa shape index (κ1) is 20.9. The second kappa shape index (κ2) is 8.77. The number of rotatable bonds is 6. The highest BCUT2D eigenvalue weighted by atomic mass is 32.2. The van der Waals surface area contributed by atoms with Crippen molar-refractivity contribution in [3.05, 3.63) is 88.2 Å². The molecule has 1 aromatic heterocycles. The number of ether oxygens (including phenoxy) is 2. The van der Waals surface area contributed by atoms with Gasteiger partial charge in [-0.2, -0.15) is 0 Å². The Labute approximate surface area is 181 Å². The van der Waals surface area contributed by atoms with Crippen LogP contribution in [0.4, 0.5) is 8.78 Å². The monoisotopic (exact) mass is 440 g/mol.